The van der Waals surface area contributed by atoms with Gasteiger partial charge in [-0.3, -0.25) is 4.79 Å². The number of amides is 1. The predicted molar refractivity (Wildman–Crippen MR) is 81.3 cm³/mol. The van der Waals surface area contributed by atoms with Crippen molar-refractivity contribution in [2.24, 2.45) is 5.41 Å². The molecular weight excluding hydrogens is 266 g/mol. The van der Waals surface area contributed by atoms with E-state index in [2.05, 4.69) is 12.2 Å². The molecule has 0 unspecified atom stereocenters. The van der Waals surface area contributed by atoms with Crippen molar-refractivity contribution in [2.45, 2.75) is 45.4 Å². The van der Waals surface area contributed by atoms with Gasteiger partial charge in [0.05, 0.1) is 5.56 Å². The number of carbonyl (C=O) groups is 2. The van der Waals surface area contributed by atoms with E-state index in [0.29, 0.717) is 12.8 Å². The molecule has 2 rings (SSSR count). The maximum Gasteiger partial charge on any atom is 0.335 e. The third kappa shape index (κ3) is 4.59. The summed E-state index contributed by atoms with van der Waals surface area (Å²) in [4.78, 5) is 22.6. The van der Waals surface area contributed by atoms with Gasteiger partial charge in [-0.2, -0.15) is 0 Å². The second-order valence-corrected chi connectivity index (χ2v) is 6.30. The largest absolute Gasteiger partial charge is 0.478 e. The number of carbonyl (C=O) groups excluding carboxylic acids is 1. The summed E-state index contributed by atoms with van der Waals surface area (Å²) in [6.45, 7) is 3.01. The van der Waals surface area contributed by atoms with Crippen LogP contribution in [0, 0.1) is 5.41 Å². The van der Waals surface area contributed by atoms with Crippen LogP contribution in [0.3, 0.4) is 0 Å². The smallest absolute Gasteiger partial charge is 0.335 e. The Morgan fingerprint density at radius 1 is 1.19 bits per heavy atom. The molecule has 1 saturated carbocycles. The number of carboxylic acid groups (broad SMARTS) is 1. The molecule has 0 atom stereocenters. The Morgan fingerprint density at radius 3 is 2.38 bits per heavy atom. The summed E-state index contributed by atoms with van der Waals surface area (Å²) in [5.41, 5.74) is 1.54. The average molecular weight is 289 g/mol. The van der Waals surface area contributed by atoms with Crippen molar-refractivity contribution >= 4 is 11.9 Å². The van der Waals surface area contributed by atoms with E-state index in [9.17, 15) is 9.59 Å². The zero-order valence-electron chi connectivity index (χ0n) is 12.5. The Kier molecular flexibility index (Phi) is 4.99. The molecule has 0 heterocycles. The van der Waals surface area contributed by atoms with Crippen LogP contribution in [0.1, 0.15) is 54.9 Å². The second-order valence-electron chi connectivity index (χ2n) is 6.30. The molecule has 0 aliphatic heterocycles. The predicted octanol–water partition coefficient (Wildman–Crippen LogP) is 3.01. The lowest BCUT2D eigenvalue weighted by Crippen LogP contribution is -2.34. The minimum Gasteiger partial charge on any atom is -0.478 e. The SMILES string of the molecule is CC1(CNC(=O)CCc2ccc(C(=O)O)cc2)CCCC1. The number of nitrogens with one attached hydrogen (secondary N) is 1. The normalized spacial score (nSPS) is 16.6. The van der Waals surface area contributed by atoms with Gasteiger partial charge in [0.25, 0.3) is 0 Å². The zero-order chi connectivity index (χ0) is 15.3. The molecule has 1 aliphatic rings. The first-order chi connectivity index (χ1) is 9.98. The van der Waals surface area contributed by atoms with Crippen LogP contribution in [-0.2, 0) is 11.2 Å². The number of hydrogen-bond acceptors (Lipinski definition) is 2. The molecule has 114 valence electrons. The van der Waals surface area contributed by atoms with E-state index >= 15 is 0 Å². The maximum absolute atomic E-state index is 11.9. The van der Waals surface area contributed by atoms with Crippen LogP contribution in [0.15, 0.2) is 24.3 Å². The number of rotatable bonds is 6. The summed E-state index contributed by atoms with van der Waals surface area (Å²) in [7, 11) is 0. The number of hydrogen-bond donors (Lipinski definition) is 2. The van der Waals surface area contributed by atoms with Crippen LogP contribution in [0.2, 0.25) is 0 Å². The van der Waals surface area contributed by atoms with E-state index < -0.39 is 5.97 Å². The van der Waals surface area contributed by atoms with Crippen LogP contribution in [0.25, 0.3) is 0 Å². The van der Waals surface area contributed by atoms with E-state index in [1.54, 1.807) is 24.3 Å². The summed E-state index contributed by atoms with van der Waals surface area (Å²) in [5.74, 6) is -0.852. The molecule has 1 aliphatic carbocycles. The average Bonchev–Trinajstić information content (AvgIpc) is 2.91. The first kappa shape index (κ1) is 15.5. The lowest BCUT2D eigenvalue weighted by atomic mass is 9.89. The molecule has 4 nitrogen and oxygen atoms in total. The van der Waals surface area contributed by atoms with Gasteiger partial charge >= 0.3 is 5.97 Å². The molecule has 21 heavy (non-hydrogen) atoms. The van der Waals surface area contributed by atoms with Crippen LogP contribution in [0.5, 0.6) is 0 Å². The molecular formula is C17H23NO3. The monoisotopic (exact) mass is 289 g/mol. The van der Waals surface area contributed by atoms with Gasteiger partial charge in [0, 0.05) is 13.0 Å². The fourth-order valence-corrected chi connectivity index (χ4v) is 2.88. The first-order valence-corrected chi connectivity index (χ1v) is 7.57. The third-order valence-corrected chi connectivity index (χ3v) is 4.36. The van der Waals surface area contributed by atoms with E-state index in [4.69, 9.17) is 5.11 Å². The van der Waals surface area contributed by atoms with E-state index in [1.807, 2.05) is 0 Å². The highest BCUT2D eigenvalue weighted by molar-refractivity contribution is 5.87. The molecule has 0 radical (unpaired) electrons. The quantitative estimate of drug-likeness (QED) is 0.846. The van der Waals surface area contributed by atoms with Crippen LogP contribution in [-0.4, -0.2) is 23.5 Å². The highest BCUT2D eigenvalue weighted by Crippen LogP contribution is 2.36. The van der Waals surface area contributed by atoms with Crippen LogP contribution < -0.4 is 5.32 Å². The standard InChI is InChI=1S/C17H23NO3/c1-17(10-2-3-11-17)12-18-15(19)9-6-13-4-7-14(8-5-13)16(20)21/h4-5,7-8H,2-3,6,9-12H2,1H3,(H,18,19)(H,20,21). The molecule has 0 bridgehead atoms. The molecule has 2 N–H and O–H groups in total. The maximum atomic E-state index is 11.9. The van der Waals surface area contributed by atoms with Gasteiger partial charge in [0.15, 0.2) is 0 Å². The van der Waals surface area contributed by atoms with Crippen molar-refractivity contribution in [3.63, 3.8) is 0 Å². The van der Waals surface area contributed by atoms with Crippen molar-refractivity contribution in [3.8, 4) is 0 Å². The summed E-state index contributed by atoms with van der Waals surface area (Å²) < 4.78 is 0. The number of carboxylic acids is 1. The molecule has 1 aromatic rings. The minimum absolute atomic E-state index is 0.0745. The molecule has 4 heteroatoms. The Balaban J connectivity index is 1.74. The van der Waals surface area contributed by atoms with Crippen molar-refractivity contribution < 1.29 is 14.7 Å². The highest BCUT2D eigenvalue weighted by Gasteiger charge is 2.28. The first-order valence-electron chi connectivity index (χ1n) is 7.57. The number of aromatic carboxylic acids is 1. The fraction of sp³-hybridized carbons (Fsp3) is 0.529. The van der Waals surface area contributed by atoms with Gasteiger partial charge in [0.2, 0.25) is 5.91 Å². The zero-order valence-corrected chi connectivity index (χ0v) is 12.5. The van der Waals surface area contributed by atoms with E-state index in [-0.39, 0.29) is 16.9 Å². The van der Waals surface area contributed by atoms with Crippen LogP contribution >= 0.6 is 0 Å². The molecule has 1 fully saturated rings. The Morgan fingerprint density at radius 2 is 1.81 bits per heavy atom. The Labute approximate surface area is 125 Å². The number of benzene rings is 1. The summed E-state index contributed by atoms with van der Waals surface area (Å²) in [5, 5.41) is 11.9. The van der Waals surface area contributed by atoms with Crippen molar-refractivity contribution in [2.75, 3.05) is 6.54 Å². The third-order valence-electron chi connectivity index (χ3n) is 4.36. The van der Waals surface area contributed by atoms with Gasteiger partial charge in [0.1, 0.15) is 0 Å². The molecule has 0 spiro atoms. The summed E-state index contributed by atoms with van der Waals surface area (Å²) in [6, 6.07) is 6.70. The Bertz CT molecular complexity index is 501. The van der Waals surface area contributed by atoms with Gasteiger partial charge in [-0.05, 0) is 42.4 Å². The minimum atomic E-state index is -0.927. The van der Waals surface area contributed by atoms with Gasteiger partial charge < -0.3 is 10.4 Å². The van der Waals surface area contributed by atoms with Crippen LogP contribution in [0.4, 0.5) is 0 Å². The van der Waals surface area contributed by atoms with E-state index in [0.717, 1.165) is 12.1 Å². The number of aryl methyl sites for hydroxylation is 1. The van der Waals surface area contributed by atoms with Crippen molar-refractivity contribution in [1.82, 2.24) is 5.32 Å². The lowest BCUT2D eigenvalue weighted by molar-refractivity contribution is -0.121. The highest BCUT2D eigenvalue weighted by atomic mass is 16.4. The Hall–Kier alpha value is -1.84. The lowest BCUT2D eigenvalue weighted by Gasteiger charge is -2.23. The molecule has 1 amide bonds. The van der Waals surface area contributed by atoms with E-state index in [1.165, 1.54) is 25.7 Å². The molecule has 1 aromatic carbocycles. The second kappa shape index (κ2) is 6.74. The topological polar surface area (TPSA) is 66.4 Å². The molecule has 0 aromatic heterocycles. The summed E-state index contributed by atoms with van der Waals surface area (Å²) >= 11 is 0. The van der Waals surface area contributed by atoms with Gasteiger partial charge in [-0.1, -0.05) is 31.9 Å². The van der Waals surface area contributed by atoms with Crippen molar-refractivity contribution in [3.05, 3.63) is 35.4 Å². The van der Waals surface area contributed by atoms with Crippen molar-refractivity contribution in [1.29, 1.82) is 0 Å². The van der Waals surface area contributed by atoms with Gasteiger partial charge in [-0.25, -0.2) is 4.79 Å². The van der Waals surface area contributed by atoms with Gasteiger partial charge in [-0.15, -0.1) is 0 Å². The fourth-order valence-electron chi connectivity index (χ4n) is 2.88. The molecule has 0 saturated heterocycles. The summed E-state index contributed by atoms with van der Waals surface area (Å²) in [6.07, 6.45) is 6.02.